The number of nitrogen functional groups attached to an aromatic ring is 1. The van der Waals surface area contributed by atoms with Gasteiger partial charge in [-0.15, -0.1) is 10.2 Å². The topological polar surface area (TPSA) is 164 Å². The Bertz CT molecular complexity index is 1110. The van der Waals surface area contributed by atoms with E-state index in [4.69, 9.17) is 10.9 Å². The zero-order valence-electron chi connectivity index (χ0n) is 12.7. The van der Waals surface area contributed by atoms with Crippen LogP contribution < -0.4 is 10.9 Å². The number of rotatable bonds is 3. The average molecular weight is 359 g/mol. The Morgan fingerprint density at radius 3 is 2.36 bits per heavy atom. The average Bonchev–Trinajstić information content (AvgIpc) is 2.57. The van der Waals surface area contributed by atoms with Gasteiger partial charge in [0.15, 0.2) is 17.4 Å². The van der Waals surface area contributed by atoms with Gasteiger partial charge in [0, 0.05) is 10.8 Å². The predicted molar refractivity (Wildman–Crippen MR) is 91.5 cm³/mol. The molecule has 0 atom stereocenters. The molecule has 0 saturated heterocycles. The van der Waals surface area contributed by atoms with Gasteiger partial charge < -0.3 is 15.9 Å². The van der Waals surface area contributed by atoms with E-state index in [2.05, 4.69) is 15.2 Å². The first kappa shape index (κ1) is 16.6. The lowest BCUT2D eigenvalue weighted by Crippen LogP contribution is -2.11. The summed E-state index contributed by atoms with van der Waals surface area (Å²) in [6, 6.07) is 10.1. The van der Waals surface area contributed by atoms with Gasteiger partial charge in [-0.2, -0.15) is 0 Å². The fraction of sp³-hybridized carbons (Fsp3) is 0. The molecule has 0 aliphatic rings. The number of nitrogens with zero attached hydrogens (tertiary/aromatic N) is 3. The van der Waals surface area contributed by atoms with Gasteiger partial charge in [0.2, 0.25) is 10.0 Å². The summed E-state index contributed by atoms with van der Waals surface area (Å²) in [4.78, 5) is 3.74. The molecule has 0 amide bonds. The quantitative estimate of drug-likeness (QED) is 0.524. The minimum atomic E-state index is -3.95. The van der Waals surface area contributed by atoms with Crippen molar-refractivity contribution in [1.29, 1.82) is 0 Å². The van der Waals surface area contributed by atoms with E-state index in [9.17, 15) is 18.6 Å². The van der Waals surface area contributed by atoms with Crippen LogP contribution in [0, 0.1) is 0 Å². The smallest absolute Gasteiger partial charge is 0.238 e. The fourth-order valence-electron chi connectivity index (χ4n) is 2.19. The number of hydrogen-bond acceptors (Lipinski definition) is 8. The molecule has 0 unspecified atom stereocenters. The number of hydrogen-bond donors (Lipinski definition) is 4. The van der Waals surface area contributed by atoms with E-state index in [1.807, 2.05) is 0 Å². The van der Waals surface area contributed by atoms with Crippen LogP contribution in [0.1, 0.15) is 0 Å². The van der Waals surface area contributed by atoms with E-state index >= 15 is 0 Å². The van der Waals surface area contributed by atoms with Gasteiger partial charge in [0.25, 0.3) is 0 Å². The van der Waals surface area contributed by atoms with Crippen LogP contribution in [0.2, 0.25) is 0 Å². The van der Waals surface area contributed by atoms with Gasteiger partial charge >= 0.3 is 0 Å². The van der Waals surface area contributed by atoms with Crippen LogP contribution in [0.25, 0.3) is 10.8 Å². The summed E-state index contributed by atoms with van der Waals surface area (Å²) in [5.41, 5.74) is 5.55. The van der Waals surface area contributed by atoms with E-state index < -0.39 is 10.0 Å². The molecule has 10 heteroatoms. The standard InChI is InChI=1S/C15H13N5O4S/c16-14-13(22)9-3-1-2-4-10(9)15(18-14)20-19-11-7-8(25(17,23)24)5-6-12(11)21/h1-7,21-22H,(H2,16,18)(H2,17,23,24). The Morgan fingerprint density at radius 1 is 1.00 bits per heavy atom. The molecule has 3 rings (SSSR count). The monoisotopic (exact) mass is 359 g/mol. The Hall–Kier alpha value is -3.24. The summed E-state index contributed by atoms with van der Waals surface area (Å²) in [7, 11) is -3.95. The van der Waals surface area contributed by atoms with Gasteiger partial charge in [0.1, 0.15) is 11.4 Å². The zero-order valence-corrected chi connectivity index (χ0v) is 13.5. The molecule has 6 N–H and O–H groups in total. The van der Waals surface area contributed by atoms with Crippen LogP contribution in [-0.4, -0.2) is 23.6 Å². The third kappa shape index (κ3) is 3.20. The lowest BCUT2D eigenvalue weighted by molar-refractivity contribution is 0.475. The maximum Gasteiger partial charge on any atom is 0.238 e. The number of anilines is 1. The third-order valence-corrected chi connectivity index (χ3v) is 4.33. The number of aromatic hydroxyl groups is 2. The molecule has 0 saturated carbocycles. The van der Waals surface area contributed by atoms with Crippen molar-refractivity contribution in [2.24, 2.45) is 15.4 Å². The van der Waals surface area contributed by atoms with Crippen LogP contribution in [0.15, 0.2) is 57.6 Å². The van der Waals surface area contributed by atoms with Crippen molar-refractivity contribution >= 4 is 38.1 Å². The highest BCUT2D eigenvalue weighted by atomic mass is 32.2. The largest absolute Gasteiger partial charge is 0.506 e. The normalized spacial score (nSPS) is 12.0. The molecule has 0 bridgehead atoms. The lowest BCUT2D eigenvalue weighted by Gasteiger charge is -2.06. The van der Waals surface area contributed by atoms with E-state index in [-0.39, 0.29) is 33.7 Å². The second kappa shape index (κ2) is 6.00. The van der Waals surface area contributed by atoms with E-state index in [0.29, 0.717) is 10.8 Å². The number of fused-ring (bicyclic) bond motifs is 1. The van der Waals surface area contributed by atoms with E-state index in [1.54, 1.807) is 24.3 Å². The molecular formula is C15H13N5O4S. The van der Waals surface area contributed by atoms with Crippen LogP contribution in [0.4, 0.5) is 17.3 Å². The van der Waals surface area contributed by atoms with Crippen LogP contribution in [0.5, 0.6) is 11.5 Å². The van der Waals surface area contributed by atoms with Gasteiger partial charge in [-0.25, -0.2) is 18.5 Å². The van der Waals surface area contributed by atoms with Gasteiger partial charge in [-0.3, -0.25) is 0 Å². The van der Waals surface area contributed by atoms with Crippen molar-refractivity contribution in [3.8, 4) is 11.5 Å². The molecule has 25 heavy (non-hydrogen) atoms. The highest BCUT2D eigenvalue weighted by Gasteiger charge is 2.13. The number of phenolic OH excluding ortho intramolecular Hbond substituents is 1. The van der Waals surface area contributed by atoms with E-state index in [1.165, 1.54) is 0 Å². The first-order valence-corrected chi connectivity index (χ1v) is 8.47. The number of aromatic nitrogens is 1. The molecule has 1 aromatic heterocycles. The molecule has 2 aromatic carbocycles. The summed E-state index contributed by atoms with van der Waals surface area (Å²) in [5, 5.41) is 33.5. The molecule has 128 valence electrons. The van der Waals surface area contributed by atoms with Crippen molar-refractivity contribution in [1.82, 2.24) is 4.98 Å². The lowest BCUT2D eigenvalue weighted by atomic mass is 10.1. The zero-order chi connectivity index (χ0) is 18.2. The summed E-state index contributed by atoms with van der Waals surface area (Å²) >= 11 is 0. The number of nitrogens with two attached hydrogens (primary N) is 2. The number of phenols is 1. The van der Waals surface area contributed by atoms with Crippen LogP contribution in [0.3, 0.4) is 0 Å². The SMILES string of the molecule is Nc1nc(N=Nc2cc(S(N)(=O)=O)ccc2O)c2ccccc2c1O. The van der Waals surface area contributed by atoms with E-state index in [0.717, 1.165) is 18.2 Å². The Kier molecular flexibility index (Phi) is 3.99. The second-order valence-corrected chi connectivity index (χ2v) is 6.67. The van der Waals surface area contributed by atoms with Gasteiger partial charge in [-0.1, -0.05) is 24.3 Å². The molecule has 0 radical (unpaired) electrons. The van der Waals surface area contributed by atoms with Crippen molar-refractivity contribution in [3.63, 3.8) is 0 Å². The number of azo groups is 1. The summed E-state index contributed by atoms with van der Waals surface area (Å²) < 4.78 is 22.8. The van der Waals surface area contributed by atoms with Crippen molar-refractivity contribution in [2.45, 2.75) is 4.90 Å². The summed E-state index contributed by atoms with van der Waals surface area (Å²) in [6.45, 7) is 0. The number of pyridine rings is 1. The molecule has 0 aliphatic heterocycles. The summed E-state index contributed by atoms with van der Waals surface area (Å²) in [5.74, 6) is -0.484. The predicted octanol–water partition coefficient (Wildman–Crippen LogP) is 2.29. The molecular weight excluding hydrogens is 346 g/mol. The molecule has 1 heterocycles. The second-order valence-electron chi connectivity index (χ2n) is 5.11. The Balaban J connectivity index is 2.12. The van der Waals surface area contributed by atoms with Crippen LogP contribution >= 0.6 is 0 Å². The first-order chi connectivity index (χ1) is 11.8. The number of primary sulfonamides is 1. The van der Waals surface area contributed by atoms with Crippen molar-refractivity contribution < 1.29 is 18.6 Å². The van der Waals surface area contributed by atoms with Gasteiger partial charge in [0.05, 0.1) is 4.90 Å². The Morgan fingerprint density at radius 2 is 1.68 bits per heavy atom. The number of benzene rings is 2. The molecule has 0 aliphatic carbocycles. The highest BCUT2D eigenvalue weighted by Crippen LogP contribution is 2.36. The van der Waals surface area contributed by atoms with Crippen LogP contribution in [-0.2, 0) is 10.0 Å². The third-order valence-electron chi connectivity index (χ3n) is 3.42. The molecule has 3 aromatic rings. The summed E-state index contributed by atoms with van der Waals surface area (Å²) in [6.07, 6.45) is 0. The molecule has 0 fully saturated rings. The highest BCUT2D eigenvalue weighted by molar-refractivity contribution is 7.89. The first-order valence-electron chi connectivity index (χ1n) is 6.92. The fourth-order valence-corrected chi connectivity index (χ4v) is 2.72. The van der Waals surface area contributed by atoms with Gasteiger partial charge in [-0.05, 0) is 18.2 Å². The minimum absolute atomic E-state index is 0.103. The maximum atomic E-state index is 11.4. The molecule has 9 nitrogen and oxygen atoms in total. The van der Waals surface area contributed by atoms with Crippen molar-refractivity contribution in [2.75, 3.05) is 5.73 Å². The molecule has 0 spiro atoms. The van der Waals surface area contributed by atoms with Crippen molar-refractivity contribution in [3.05, 3.63) is 42.5 Å². The Labute approximate surface area is 142 Å². The minimum Gasteiger partial charge on any atom is -0.506 e. The maximum absolute atomic E-state index is 11.4. The number of sulfonamides is 1.